The van der Waals surface area contributed by atoms with Crippen LogP contribution in [0.1, 0.15) is 34.6 Å². The van der Waals surface area contributed by atoms with Gasteiger partial charge in [0.15, 0.2) is 0 Å². The standard InChI is InChI=1S/C11H22N2O4S/c1-10(2,3)17-9(16)13-12-7(8(14)15)11(4,5)18-6/h7,12H,1-6H3,(H,13,16)(H,14,15)/t7-/m1/s1. The van der Waals surface area contributed by atoms with E-state index in [9.17, 15) is 9.59 Å². The molecule has 6 nitrogen and oxygen atoms in total. The Hall–Kier alpha value is -0.950. The second kappa shape index (κ2) is 6.29. The smallest absolute Gasteiger partial charge is 0.422 e. The first kappa shape index (κ1) is 17.1. The number of ether oxygens (including phenoxy) is 1. The highest BCUT2D eigenvalue weighted by Gasteiger charge is 2.35. The minimum Gasteiger partial charge on any atom is -0.480 e. The topological polar surface area (TPSA) is 87.7 Å². The van der Waals surface area contributed by atoms with E-state index in [1.807, 2.05) is 6.26 Å². The van der Waals surface area contributed by atoms with Gasteiger partial charge in [-0.25, -0.2) is 10.2 Å². The predicted molar refractivity (Wildman–Crippen MR) is 71.5 cm³/mol. The SMILES string of the molecule is CSC(C)(C)[C@H](NNC(=O)OC(C)(C)C)C(=O)O. The van der Waals surface area contributed by atoms with Crippen molar-refractivity contribution >= 4 is 23.8 Å². The van der Waals surface area contributed by atoms with Gasteiger partial charge in [0.1, 0.15) is 11.6 Å². The lowest BCUT2D eigenvalue weighted by Crippen LogP contribution is -2.57. The van der Waals surface area contributed by atoms with Crippen LogP contribution >= 0.6 is 11.8 Å². The number of carboxylic acid groups (broad SMARTS) is 1. The minimum atomic E-state index is -1.04. The number of hydrazine groups is 1. The molecule has 0 fully saturated rings. The quantitative estimate of drug-likeness (QED) is 0.662. The summed E-state index contributed by atoms with van der Waals surface area (Å²) in [4.78, 5) is 22.5. The molecule has 0 aromatic heterocycles. The van der Waals surface area contributed by atoms with Gasteiger partial charge in [-0.15, -0.1) is 0 Å². The van der Waals surface area contributed by atoms with Crippen molar-refractivity contribution in [3.05, 3.63) is 0 Å². The Morgan fingerprint density at radius 2 is 1.72 bits per heavy atom. The molecule has 0 aliphatic heterocycles. The molecule has 7 heteroatoms. The molecule has 0 aliphatic carbocycles. The van der Waals surface area contributed by atoms with Crippen molar-refractivity contribution in [2.45, 2.75) is 51.0 Å². The van der Waals surface area contributed by atoms with Crippen molar-refractivity contribution in [2.24, 2.45) is 0 Å². The summed E-state index contributed by atoms with van der Waals surface area (Å²) < 4.78 is 4.43. The molecular weight excluding hydrogens is 256 g/mol. The fraction of sp³-hybridized carbons (Fsp3) is 0.818. The van der Waals surface area contributed by atoms with E-state index in [-0.39, 0.29) is 0 Å². The zero-order chi connectivity index (χ0) is 14.6. The summed E-state index contributed by atoms with van der Waals surface area (Å²) in [6.07, 6.45) is 1.11. The normalized spacial score (nSPS) is 13.9. The van der Waals surface area contributed by atoms with Gasteiger partial charge in [-0.3, -0.25) is 10.2 Å². The van der Waals surface area contributed by atoms with Gasteiger partial charge in [-0.1, -0.05) is 0 Å². The number of amides is 1. The summed E-state index contributed by atoms with van der Waals surface area (Å²) in [6, 6.07) is -0.917. The fourth-order valence-corrected chi connectivity index (χ4v) is 1.48. The third-order valence-corrected chi connectivity index (χ3v) is 3.47. The maximum absolute atomic E-state index is 11.4. The molecule has 0 spiro atoms. The molecule has 106 valence electrons. The van der Waals surface area contributed by atoms with Crippen LogP contribution in [0.2, 0.25) is 0 Å². The van der Waals surface area contributed by atoms with Gasteiger partial charge in [0, 0.05) is 4.75 Å². The van der Waals surface area contributed by atoms with E-state index in [1.165, 1.54) is 11.8 Å². The number of rotatable bonds is 5. The van der Waals surface area contributed by atoms with Crippen molar-refractivity contribution in [3.8, 4) is 0 Å². The molecule has 0 heterocycles. The lowest BCUT2D eigenvalue weighted by Gasteiger charge is -2.30. The third kappa shape index (κ3) is 6.11. The summed E-state index contributed by atoms with van der Waals surface area (Å²) >= 11 is 1.39. The van der Waals surface area contributed by atoms with Crippen LogP contribution in [0.25, 0.3) is 0 Å². The molecule has 0 aliphatic rings. The number of hydrogen-bond donors (Lipinski definition) is 3. The number of thioether (sulfide) groups is 1. The number of carboxylic acids is 1. The van der Waals surface area contributed by atoms with Gasteiger partial charge in [-0.05, 0) is 40.9 Å². The third-order valence-electron chi connectivity index (χ3n) is 2.19. The van der Waals surface area contributed by atoms with Crippen LogP contribution in [0, 0.1) is 0 Å². The summed E-state index contributed by atoms with van der Waals surface area (Å²) in [5, 5.41) is 9.12. The van der Waals surface area contributed by atoms with Crippen LogP contribution in [-0.2, 0) is 9.53 Å². The summed E-state index contributed by atoms with van der Waals surface area (Å²) in [5.41, 5.74) is 4.12. The molecule has 3 N–H and O–H groups in total. The van der Waals surface area contributed by atoms with Crippen LogP contribution in [0.3, 0.4) is 0 Å². The van der Waals surface area contributed by atoms with Crippen LogP contribution in [-0.4, -0.2) is 39.8 Å². The number of carbonyl (C=O) groups is 2. The van der Waals surface area contributed by atoms with Crippen LogP contribution in [0.5, 0.6) is 0 Å². The molecule has 1 atom stereocenters. The number of hydrogen-bond acceptors (Lipinski definition) is 5. The second-order valence-corrected chi connectivity index (χ2v) is 6.81. The maximum Gasteiger partial charge on any atom is 0.422 e. The average Bonchev–Trinajstić information content (AvgIpc) is 2.14. The van der Waals surface area contributed by atoms with Gasteiger partial charge >= 0.3 is 12.1 Å². The Balaban J connectivity index is 4.48. The number of aliphatic carboxylic acids is 1. The minimum absolute atomic E-state index is 0.569. The molecule has 0 aromatic rings. The molecule has 0 unspecified atom stereocenters. The molecular formula is C11H22N2O4S. The van der Waals surface area contributed by atoms with E-state index in [4.69, 9.17) is 9.84 Å². The Labute approximate surface area is 112 Å². The van der Waals surface area contributed by atoms with E-state index in [2.05, 4.69) is 10.9 Å². The highest BCUT2D eigenvalue weighted by molar-refractivity contribution is 8.00. The molecule has 0 rings (SSSR count). The largest absolute Gasteiger partial charge is 0.480 e. The number of carbonyl (C=O) groups excluding carboxylic acids is 1. The average molecular weight is 278 g/mol. The first-order valence-corrected chi connectivity index (χ1v) is 6.74. The summed E-state index contributed by atoms with van der Waals surface area (Å²) in [6.45, 7) is 8.74. The van der Waals surface area contributed by atoms with Crippen LogP contribution < -0.4 is 10.9 Å². The summed E-state index contributed by atoms with van der Waals surface area (Å²) in [5.74, 6) is -1.04. The molecule has 0 aromatic carbocycles. The van der Waals surface area contributed by atoms with Crippen LogP contribution in [0.15, 0.2) is 0 Å². The van der Waals surface area contributed by atoms with Crippen molar-refractivity contribution in [3.63, 3.8) is 0 Å². The first-order valence-electron chi connectivity index (χ1n) is 5.52. The van der Waals surface area contributed by atoms with Crippen molar-refractivity contribution in [2.75, 3.05) is 6.26 Å². The van der Waals surface area contributed by atoms with E-state index < -0.39 is 28.5 Å². The number of nitrogens with one attached hydrogen (secondary N) is 2. The lowest BCUT2D eigenvalue weighted by atomic mass is 10.0. The van der Waals surface area contributed by atoms with Gasteiger partial charge in [-0.2, -0.15) is 11.8 Å². The van der Waals surface area contributed by atoms with E-state index in [0.29, 0.717) is 0 Å². The Morgan fingerprint density at radius 1 is 1.22 bits per heavy atom. The van der Waals surface area contributed by atoms with Crippen LogP contribution in [0.4, 0.5) is 4.79 Å². The van der Waals surface area contributed by atoms with Crippen molar-refractivity contribution < 1.29 is 19.4 Å². The van der Waals surface area contributed by atoms with E-state index >= 15 is 0 Å². The molecule has 1 amide bonds. The molecule has 0 radical (unpaired) electrons. The van der Waals surface area contributed by atoms with Gasteiger partial charge in [0.2, 0.25) is 0 Å². The van der Waals surface area contributed by atoms with Gasteiger partial charge < -0.3 is 9.84 Å². The molecule has 0 saturated heterocycles. The van der Waals surface area contributed by atoms with Crippen molar-refractivity contribution in [1.82, 2.24) is 10.9 Å². The zero-order valence-electron chi connectivity index (χ0n) is 11.7. The fourth-order valence-electron chi connectivity index (χ4n) is 1.09. The van der Waals surface area contributed by atoms with Crippen molar-refractivity contribution in [1.29, 1.82) is 0 Å². The Morgan fingerprint density at radius 3 is 2.06 bits per heavy atom. The van der Waals surface area contributed by atoms with E-state index in [0.717, 1.165) is 0 Å². The highest BCUT2D eigenvalue weighted by Crippen LogP contribution is 2.25. The molecule has 0 saturated carbocycles. The second-order valence-electron chi connectivity index (χ2n) is 5.35. The zero-order valence-corrected chi connectivity index (χ0v) is 12.5. The molecule has 0 bridgehead atoms. The Kier molecular flexibility index (Phi) is 5.95. The van der Waals surface area contributed by atoms with Gasteiger partial charge in [0.05, 0.1) is 0 Å². The predicted octanol–water partition coefficient (Wildman–Crippen LogP) is 1.61. The monoisotopic (exact) mass is 278 g/mol. The Bertz CT molecular complexity index is 313. The summed E-state index contributed by atoms with van der Waals surface area (Å²) in [7, 11) is 0. The molecule has 18 heavy (non-hydrogen) atoms. The first-order chi connectivity index (χ1) is 7.99. The maximum atomic E-state index is 11.4. The van der Waals surface area contributed by atoms with Gasteiger partial charge in [0.25, 0.3) is 0 Å². The highest BCUT2D eigenvalue weighted by atomic mass is 32.2. The lowest BCUT2D eigenvalue weighted by molar-refractivity contribution is -0.140. The van der Waals surface area contributed by atoms with E-state index in [1.54, 1.807) is 34.6 Å².